The van der Waals surface area contributed by atoms with Crippen LogP contribution in [0.1, 0.15) is 97.6 Å². The summed E-state index contributed by atoms with van der Waals surface area (Å²) >= 11 is 0. The van der Waals surface area contributed by atoms with E-state index < -0.39 is 36.3 Å². The molecule has 2 unspecified atom stereocenters. The minimum atomic E-state index is -1.29. The number of alkyl carbamates (subject to hydrolysis) is 1. The summed E-state index contributed by atoms with van der Waals surface area (Å²) in [5.41, 5.74) is -0.337. The molecule has 37 heavy (non-hydrogen) atoms. The highest BCUT2D eigenvalue weighted by atomic mass is 16.6. The predicted octanol–water partition coefficient (Wildman–Crippen LogP) is 4.42. The van der Waals surface area contributed by atoms with Gasteiger partial charge in [0.25, 0.3) is 0 Å². The highest BCUT2D eigenvalue weighted by Gasteiger charge is 2.36. The normalized spacial score (nSPS) is 12.9. The fourth-order valence-electron chi connectivity index (χ4n) is 3.92. The van der Waals surface area contributed by atoms with Crippen molar-refractivity contribution in [2.45, 2.75) is 104 Å². The molecule has 0 aromatic heterocycles. The van der Waals surface area contributed by atoms with Crippen molar-refractivity contribution in [2.75, 3.05) is 19.7 Å². The van der Waals surface area contributed by atoms with Crippen LogP contribution in [0.15, 0.2) is 24.3 Å². The largest absolute Gasteiger partial charge is 0.508 e. The van der Waals surface area contributed by atoms with Crippen LogP contribution < -0.4 is 10.6 Å². The number of aromatic hydroxyl groups is 1. The molecule has 0 radical (unpaired) electrons. The molecule has 0 heterocycles. The van der Waals surface area contributed by atoms with Crippen LogP contribution in [0.25, 0.3) is 0 Å². The number of amides is 3. The van der Waals surface area contributed by atoms with E-state index in [1.54, 1.807) is 32.9 Å². The molecule has 0 aliphatic carbocycles. The maximum Gasteiger partial charge on any atom is 0.408 e. The van der Waals surface area contributed by atoms with Gasteiger partial charge < -0.3 is 30.5 Å². The maximum atomic E-state index is 13.7. The molecule has 1 aromatic carbocycles. The summed E-state index contributed by atoms with van der Waals surface area (Å²) in [6.45, 7) is 9.30. The first kappa shape index (κ1) is 32.2. The molecule has 0 aliphatic heterocycles. The van der Waals surface area contributed by atoms with Gasteiger partial charge in [0.1, 0.15) is 23.4 Å². The van der Waals surface area contributed by atoms with Gasteiger partial charge in [0, 0.05) is 13.1 Å². The van der Waals surface area contributed by atoms with Gasteiger partial charge in [0.2, 0.25) is 11.8 Å². The fraction of sp³-hybridized carbons (Fsp3) is 0.679. The molecule has 210 valence electrons. The van der Waals surface area contributed by atoms with Crippen molar-refractivity contribution in [1.29, 1.82) is 0 Å². The molecule has 2 atom stereocenters. The Bertz CT molecular complexity index is 839. The molecular weight excluding hydrogens is 474 g/mol. The summed E-state index contributed by atoms with van der Waals surface area (Å²) in [7, 11) is 0. The highest BCUT2D eigenvalue weighted by molar-refractivity contribution is 5.92. The number of ether oxygens (including phenoxy) is 1. The number of hydrogen-bond acceptors (Lipinski definition) is 6. The summed E-state index contributed by atoms with van der Waals surface area (Å²) in [4.78, 5) is 40.9. The molecule has 0 saturated carbocycles. The van der Waals surface area contributed by atoms with Crippen LogP contribution in [-0.2, 0) is 14.3 Å². The van der Waals surface area contributed by atoms with Crippen LogP contribution in [0, 0.1) is 0 Å². The van der Waals surface area contributed by atoms with Gasteiger partial charge >= 0.3 is 6.09 Å². The Hall–Kier alpha value is -2.81. The number of nitrogens with one attached hydrogen (secondary N) is 2. The number of unbranched alkanes of at least 4 members (excludes halogenated alkanes) is 6. The van der Waals surface area contributed by atoms with Crippen LogP contribution in [-0.4, -0.2) is 64.4 Å². The van der Waals surface area contributed by atoms with Gasteiger partial charge in [-0.1, -0.05) is 64.5 Å². The Morgan fingerprint density at radius 3 is 2.24 bits per heavy atom. The molecule has 9 heteroatoms. The van der Waals surface area contributed by atoms with E-state index in [0.29, 0.717) is 18.5 Å². The van der Waals surface area contributed by atoms with Crippen molar-refractivity contribution in [2.24, 2.45) is 0 Å². The molecule has 0 fully saturated rings. The number of carbonyl (C=O) groups is 3. The van der Waals surface area contributed by atoms with E-state index in [-0.39, 0.29) is 18.2 Å². The molecule has 1 aromatic rings. The molecule has 0 saturated heterocycles. The van der Waals surface area contributed by atoms with Crippen molar-refractivity contribution in [1.82, 2.24) is 15.5 Å². The standard InChI is InChI=1S/C28H47N3O6/c1-6-8-10-11-12-13-18-31(26(35)23(20-32)30-27(36)37-28(3,4)5)24(25(34)29-17-9-7-2)21-15-14-16-22(33)19-21/h14-16,19,23-24,32-33H,6-13,17-18,20H2,1-5H3,(H,29,34)(H,30,36). The first-order valence-electron chi connectivity index (χ1n) is 13.5. The minimum Gasteiger partial charge on any atom is -0.508 e. The van der Waals surface area contributed by atoms with Crippen LogP contribution in [0.3, 0.4) is 0 Å². The number of rotatable bonds is 16. The monoisotopic (exact) mass is 521 g/mol. The maximum absolute atomic E-state index is 13.7. The third-order valence-electron chi connectivity index (χ3n) is 5.78. The van der Waals surface area contributed by atoms with Crippen LogP contribution in [0.5, 0.6) is 5.75 Å². The van der Waals surface area contributed by atoms with E-state index in [4.69, 9.17) is 4.74 Å². The van der Waals surface area contributed by atoms with Crippen molar-refractivity contribution in [3.05, 3.63) is 29.8 Å². The number of nitrogens with zero attached hydrogens (tertiary/aromatic N) is 1. The van der Waals surface area contributed by atoms with Gasteiger partial charge in [-0.25, -0.2) is 4.79 Å². The first-order valence-corrected chi connectivity index (χ1v) is 13.5. The second-order valence-electron chi connectivity index (χ2n) is 10.3. The average Bonchev–Trinajstić information content (AvgIpc) is 2.82. The number of benzene rings is 1. The van der Waals surface area contributed by atoms with E-state index in [9.17, 15) is 24.6 Å². The van der Waals surface area contributed by atoms with Gasteiger partial charge in [-0.3, -0.25) is 9.59 Å². The molecule has 0 spiro atoms. The summed E-state index contributed by atoms with van der Waals surface area (Å²) in [5, 5.41) is 25.5. The molecule has 0 bridgehead atoms. The molecule has 3 amide bonds. The molecule has 4 N–H and O–H groups in total. The lowest BCUT2D eigenvalue weighted by molar-refractivity contribution is -0.143. The van der Waals surface area contributed by atoms with E-state index >= 15 is 0 Å². The third-order valence-corrected chi connectivity index (χ3v) is 5.78. The van der Waals surface area contributed by atoms with Crippen molar-refractivity contribution in [3.63, 3.8) is 0 Å². The minimum absolute atomic E-state index is 0.0265. The lowest BCUT2D eigenvalue weighted by Crippen LogP contribution is -2.54. The average molecular weight is 522 g/mol. The Morgan fingerprint density at radius 1 is 1.00 bits per heavy atom. The van der Waals surface area contributed by atoms with Crippen molar-refractivity contribution >= 4 is 17.9 Å². The highest BCUT2D eigenvalue weighted by Crippen LogP contribution is 2.26. The third kappa shape index (κ3) is 12.3. The van der Waals surface area contributed by atoms with Gasteiger partial charge in [0.15, 0.2) is 0 Å². The summed E-state index contributed by atoms with van der Waals surface area (Å²) < 4.78 is 5.27. The SMILES string of the molecule is CCCCCCCCN(C(=O)C(CO)NC(=O)OC(C)(C)C)C(C(=O)NCCCC)c1cccc(O)c1. The number of phenols is 1. The van der Waals surface area contributed by atoms with Crippen LogP contribution in [0.4, 0.5) is 4.79 Å². The topological polar surface area (TPSA) is 128 Å². The Morgan fingerprint density at radius 2 is 1.65 bits per heavy atom. The quantitative estimate of drug-likeness (QED) is 0.238. The van der Waals surface area contributed by atoms with Gasteiger partial charge in [-0.05, 0) is 51.3 Å². The van der Waals surface area contributed by atoms with E-state index in [1.165, 1.54) is 17.0 Å². The van der Waals surface area contributed by atoms with Crippen LogP contribution in [0.2, 0.25) is 0 Å². The van der Waals surface area contributed by atoms with Gasteiger partial charge in [-0.2, -0.15) is 0 Å². The van der Waals surface area contributed by atoms with Crippen LogP contribution >= 0.6 is 0 Å². The van der Waals surface area contributed by atoms with E-state index in [2.05, 4.69) is 17.6 Å². The van der Waals surface area contributed by atoms with E-state index in [0.717, 1.165) is 44.9 Å². The molecule has 1 rings (SSSR count). The Kier molecular flexibility index (Phi) is 14.7. The van der Waals surface area contributed by atoms with Gasteiger partial charge in [0.05, 0.1) is 6.61 Å². The summed E-state index contributed by atoms with van der Waals surface area (Å²) in [6.07, 6.45) is 6.73. The van der Waals surface area contributed by atoms with Crippen molar-refractivity contribution in [3.8, 4) is 5.75 Å². The van der Waals surface area contributed by atoms with Gasteiger partial charge in [-0.15, -0.1) is 0 Å². The second-order valence-corrected chi connectivity index (χ2v) is 10.3. The Balaban J connectivity index is 3.28. The number of aliphatic hydroxyl groups excluding tert-OH is 1. The van der Waals surface area contributed by atoms with Crippen molar-refractivity contribution < 1.29 is 29.3 Å². The zero-order valence-corrected chi connectivity index (χ0v) is 23.2. The summed E-state index contributed by atoms with van der Waals surface area (Å²) in [6, 6.07) is 3.92. The lowest BCUT2D eigenvalue weighted by Gasteiger charge is -2.34. The summed E-state index contributed by atoms with van der Waals surface area (Å²) in [5.74, 6) is -1.00. The fourth-order valence-corrected chi connectivity index (χ4v) is 3.92. The zero-order chi connectivity index (χ0) is 27.8. The molecule has 0 aliphatic rings. The van der Waals surface area contributed by atoms with E-state index in [1.807, 2.05) is 6.92 Å². The number of phenolic OH excluding ortho intramolecular Hbond substituents is 1. The zero-order valence-electron chi connectivity index (χ0n) is 23.2. The molecular formula is C28H47N3O6. The smallest absolute Gasteiger partial charge is 0.408 e. The molecule has 9 nitrogen and oxygen atoms in total. The number of carbonyl (C=O) groups excluding carboxylic acids is 3. The number of hydrogen-bond donors (Lipinski definition) is 4. The predicted molar refractivity (Wildman–Crippen MR) is 144 cm³/mol. The lowest BCUT2D eigenvalue weighted by atomic mass is 10.0. The number of aliphatic hydroxyl groups is 1. The first-order chi connectivity index (χ1) is 17.5. The Labute approximate surface area is 222 Å². The second kappa shape index (κ2) is 16.8.